The van der Waals surface area contributed by atoms with Crippen LogP contribution in [0.15, 0.2) is 42.6 Å². The molecule has 2 fully saturated rings. The van der Waals surface area contributed by atoms with E-state index in [2.05, 4.69) is 21.3 Å². The van der Waals surface area contributed by atoms with Gasteiger partial charge in [-0.15, -0.1) is 0 Å². The van der Waals surface area contributed by atoms with Gasteiger partial charge in [0.05, 0.1) is 6.04 Å². The van der Waals surface area contributed by atoms with Crippen LogP contribution in [0.1, 0.15) is 61.7 Å². The Morgan fingerprint density at radius 1 is 1.09 bits per heavy atom. The van der Waals surface area contributed by atoms with Crippen molar-refractivity contribution < 1.29 is 18.4 Å². The van der Waals surface area contributed by atoms with Gasteiger partial charge in [0.15, 0.2) is 11.6 Å². The number of pyridine rings is 1. The molecule has 1 atom stereocenters. The van der Waals surface area contributed by atoms with E-state index in [0.717, 1.165) is 56.7 Å². The normalized spacial score (nSPS) is 20.1. The van der Waals surface area contributed by atoms with Gasteiger partial charge in [-0.2, -0.15) is 0 Å². The van der Waals surface area contributed by atoms with Crippen LogP contribution >= 0.6 is 0 Å². The smallest absolute Gasteiger partial charge is 0.324 e. The molecule has 3 amide bonds. The van der Waals surface area contributed by atoms with Gasteiger partial charge in [-0.05, 0) is 81.6 Å². The number of benzene rings is 1. The highest BCUT2D eigenvalue weighted by Gasteiger charge is 2.34. The van der Waals surface area contributed by atoms with Gasteiger partial charge in [0.1, 0.15) is 0 Å². The molecule has 3 heterocycles. The van der Waals surface area contributed by atoms with E-state index < -0.39 is 23.7 Å². The molecule has 8 heteroatoms. The van der Waals surface area contributed by atoms with Gasteiger partial charge in [0.25, 0.3) is 0 Å². The lowest BCUT2D eigenvalue weighted by Gasteiger charge is -2.34. The first-order valence-corrected chi connectivity index (χ1v) is 11.7. The van der Waals surface area contributed by atoms with Gasteiger partial charge < -0.3 is 10.2 Å². The standard InChI is InChI=1S/C25H30F2N4O2/c26-20-9-8-19(17-21(20)27)23-6-3-7-24(32)31(23)25(33)29-13-4-14-30-15-10-18(11-16-30)22-5-1-2-12-28-22/h1-2,5,8-9,12,17-18,23H,3-4,6-7,10-11,13-16H2,(H,29,33)/t23-/m1/s1. The van der Waals surface area contributed by atoms with E-state index in [0.29, 0.717) is 30.9 Å². The van der Waals surface area contributed by atoms with Gasteiger partial charge in [-0.3, -0.25) is 14.7 Å². The van der Waals surface area contributed by atoms with Crippen LogP contribution in [-0.4, -0.2) is 52.9 Å². The summed E-state index contributed by atoms with van der Waals surface area (Å²) in [7, 11) is 0. The quantitative estimate of drug-likeness (QED) is 0.655. The number of hydrogen-bond acceptors (Lipinski definition) is 4. The minimum Gasteiger partial charge on any atom is -0.338 e. The van der Waals surface area contributed by atoms with Crippen LogP contribution in [0, 0.1) is 11.6 Å². The fourth-order valence-corrected chi connectivity index (χ4v) is 4.81. The molecular formula is C25H30F2N4O2. The van der Waals surface area contributed by atoms with Crippen molar-refractivity contribution in [3.05, 3.63) is 65.5 Å². The minimum atomic E-state index is -0.974. The summed E-state index contributed by atoms with van der Waals surface area (Å²) in [4.78, 5) is 33.3. The predicted molar refractivity (Wildman–Crippen MR) is 120 cm³/mol. The average Bonchev–Trinajstić information content (AvgIpc) is 2.84. The number of halogens is 2. The predicted octanol–water partition coefficient (Wildman–Crippen LogP) is 4.39. The summed E-state index contributed by atoms with van der Waals surface area (Å²) >= 11 is 0. The van der Waals surface area contributed by atoms with Crippen molar-refractivity contribution in [2.24, 2.45) is 0 Å². The van der Waals surface area contributed by atoms with E-state index in [9.17, 15) is 18.4 Å². The van der Waals surface area contributed by atoms with Gasteiger partial charge in [0.2, 0.25) is 5.91 Å². The molecule has 0 unspecified atom stereocenters. The summed E-state index contributed by atoms with van der Waals surface area (Å²) in [5, 5.41) is 2.84. The summed E-state index contributed by atoms with van der Waals surface area (Å²) in [5.41, 5.74) is 1.60. The molecule has 0 spiro atoms. The van der Waals surface area contributed by atoms with Crippen LogP contribution in [0.2, 0.25) is 0 Å². The third kappa shape index (κ3) is 5.74. The van der Waals surface area contributed by atoms with Crippen LogP contribution in [0.5, 0.6) is 0 Å². The van der Waals surface area contributed by atoms with Crippen molar-refractivity contribution in [1.82, 2.24) is 20.1 Å². The molecule has 0 aliphatic carbocycles. The Kier molecular flexibility index (Phi) is 7.65. The molecule has 176 valence electrons. The highest BCUT2D eigenvalue weighted by atomic mass is 19.2. The molecular weight excluding hydrogens is 426 g/mol. The number of piperidine rings is 2. The van der Waals surface area contributed by atoms with Crippen LogP contribution in [0.4, 0.5) is 13.6 Å². The van der Waals surface area contributed by atoms with E-state index in [4.69, 9.17) is 0 Å². The molecule has 1 aromatic carbocycles. The Morgan fingerprint density at radius 2 is 1.91 bits per heavy atom. The minimum absolute atomic E-state index is 0.277. The molecule has 0 saturated carbocycles. The third-order valence-electron chi connectivity index (χ3n) is 6.62. The number of likely N-dealkylation sites (tertiary alicyclic amines) is 2. The summed E-state index contributed by atoms with van der Waals surface area (Å²) in [6, 6.07) is 8.56. The van der Waals surface area contributed by atoms with E-state index >= 15 is 0 Å². The lowest BCUT2D eigenvalue weighted by atomic mass is 9.93. The molecule has 2 aliphatic heterocycles. The van der Waals surface area contributed by atoms with Gasteiger partial charge in [-0.1, -0.05) is 12.1 Å². The number of nitrogens with one attached hydrogen (secondary N) is 1. The lowest BCUT2D eigenvalue weighted by molar-refractivity contribution is -0.132. The molecule has 0 bridgehead atoms. The first-order chi connectivity index (χ1) is 16.0. The number of carbonyl (C=O) groups is 2. The monoisotopic (exact) mass is 456 g/mol. The molecule has 2 aromatic rings. The Balaban J connectivity index is 1.24. The molecule has 2 aliphatic rings. The van der Waals surface area contributed by atoms with Crippen molar-refractivity contribution >= 4 is 11.9 Å². The van der Waals surface area contributed by atoms with E-state index in [1.807, 2.05) is 18.3 Å². The van der Waals surface area contributed by atoms with Crippen molar-refractivity contribution in [2.45, 2.75) is 50.5 Å². The number of nitrogens with zero attached hydrogens (tertiary/aromatic N) is 3. The van der Waals surface area contributed by atoms with Crippen molar-refractivity contribution in [2.75, 3.05) is 26.2 Å². The highest BCUT2D eigenvalue weighted by Crippen LogP contribution is 2.32. The van der Waals surface area contributed by atoms with Gasteiger partial charge in [0, 0.05) is 30.8 Å². The molecule has 2 saturated heterocycles. The summed E-state index contributed by atoms with van der Waals surface area (Å²) in [5.74, 6) is -1.70. The number of urea groups is 1. The zero-order valence-electron chi connectivity index (χ0n) is 18.7. The number of amides is 3. The fourth-order valence-electron chi connectivity index (χ4n) is 4.81. The second kappa shape index (κ2) is 10.8. The van der Waals surface area contributed by atoms with Crippen molar-refractivity contribution in [1.29, 1.82) is 0 Å². The summed E-state index contributed by atoms with van der Waals surface area (Å²) < 4.78 is 27.0. The Bertz CT molecular complexity index is 964. The molecule has 6 nitrogen and oxygen atoms in total. The van der Waals surface area contributed by atoms with Crippen molar-refractivity contribution in [3.63, 3.8) is 0 Å². The second-order valence-corrected chi connectivity index (χ2v) is 8.80. The van der Waals surface area contributed by atoms with Crippen LogP contribution in [0.25, 0.3) is 0 Å². The number of rotatable bonds is 6. The zero-order valence-corrected chi connectivity index (χ0v) is 18.7. The van der Waals surface area contributed by atoms with Gasteiger partial charge >= 0.3 is 6.03 Å². The van der Waals surface area contributed by atoms with E-state index in [-0.39, 0.29) is 12.3 Å². The molecule has 1 N–H and O–H groups in total. The van der Waals surface area contributed by atoms with E-state index in [1.165, 1.54) is 11.0 Å². The lowest BCUT2D eigenvalue weighted by Crippen LogP contribution is -2.48. The second-order valence-electron chi connectivity index (χ2n) is 8.80. The third-order valence-corrected chi connectivity index (χ3v) is 6.62. The highest BCUT2D eigenvalue weighted by molar-refractivity contribution is 5.95. The number of carbonyl (C=O) groups excluding carboxylic acids is 2. The average molecular weight is 457 g/mol. The number of imide groups is 1. The van der Waals surface area contributed by atoms with Crippen molar-refractivity contribution in [3.8, 4) is 0 Å². The Morgan fingerprint density at radius 3 is 2.64 bits per heavy atom. The first kappa shape index (κ1) is 23.3. The van der Waals surface area contributed by atoms with Crippen LogP contribution < -0.4 is 5.32 Å². The summed E-state index contributed by atoms with van der Waals surface area (Å²) in [6.45, 7) is 3.32. The van der Waals surface area contributed by atoms with Crippen LogP contribution in [0.3, 0.4) is 0 Å². The maximum atomic E-state index is 13.7. The Labute approximate surface area is 193 Å². The maximum Gasteiger partial charge on any atom is 0.324 e. The zero-order chi connectivity index (χ0) is 23.2. The largest absolute Gasteiger partial charge is 0.338 e. The molecule has 1 aromatic heterocycles. The summed E-state index contributed by atoms with van der Waals surface area (Å²) in [6.07, 6.45) is 6.19. The number of hydrogen-bond donors (Lipinski definition) is 1. The fraction of sp³-hybridized carbons (Fsp3) is 0.480. The first-order valence-electron chi connectivity index (χ1n) is 11.7. The maximum absolute atomic E-state index is 13.7. The SMILES string of the molecule is O=C1CCC[C@H](c2ccc(F)c(F)c2)N1C(=O)NCCCN1CCC(c2ccccn2)CC1. The van der Waals surface area contributed by atoms with Gasteiger partial charge in [-0.25, -0.2) is 13.6 Å². The molecule has 0 radical (unpaired) electrons. The molecule has 4 rings (SSSR count). The van der Waals surface area contributed by atoms with Crippen LogP contribution in [-0.2, 0) is 4.79 Å². The van der Waals surface area contributed by atoms with E-state index in [1.54, 1.807) is 0 Å². The Hall–Kier alpha value is -2.87. The number of aromatic nitrogens is 1. The topological polar surface area (TPSA) is 65.5 Å². The molecule has 33 heavy (non-hydrogen) atoms.